The van der Waals surface area contributed by atoms with E-state index < -0.39 is 5.97 Å². The van der Waals surface area contributed by atoms with Crippen molar-refractivity contribution in [2.45, 2.75) is 32.7 Å². The van der Waals surface area contributed by atoms with Gasteiger partial charge in [0.1, 0.15) is 5.58 Å². The van der Waals surface area contributed by atoms with Crippen LogP contribution in [0.15, 0.2) is 28.7 Å². The number of carbonyl (C=O) groups is 1. The van der Waals surface area contributed by atoms with Gasteiger partial charge in [-0.1, -0.05) is 25.1 Å². The minimum atomic E-state index is -0.982. The zero-order valence-corrected chi connectivity index (χ0v) is 12.3. The Hall–Kier alpha value is -1.81. The molecular formula is C17H21NO3. The van der Waals surface area contributed by atoms with Crippen molar-refractivity contribution in [1.29, 1.82) is 0 Å². The lowest BCUT2D eigenvalue weighted by Crippen LogP contribution is -2.27. The minimum Gasteiger partial charge on any atom is -0.475 e. The lowest BCUT2D eigenvalue weighted by Gasteiger charge is -2.21. The predicted octanol–water partition coefficient (Wildman–Crippen LogP) is 3.75. The van der Waals surface area contributed by atoms with E-state index in [1.54, 1.807) is 0 Å². The third-order valence-corrected chi connectivity index (χ3v) is 4.03. The van der Waals surface area contributed by atoms with Gasteiger partial charge in [0, 0.05) is 24.0 Å². The van der Waals surface area contributed by atoms with Crippen LogP contribution in [0, 0.1) is 5.92 Å². The van der Waals surface area contributed by atoms with Crippen molar-refractivity contribution < 1.29 is 14.3 Å². The Kier molecular flexibility index (Phi) is 3.97. The average molecular weight is 287 g/mol. The van der Waals surface area contributed by atoms with E-state index in [1.165, 1.54) is 12.8 Å². The lowest BCUT2D eigenvalue weighted by molar-refractivity contribution is 0.0661. The summed E-state index contributed by atoms with van der Waals surface area (Å²) in [5, 5.41) is 10.3. The van der Waals surface area contributed by atoms with Crippen LogP contribution in [0.3, 0.4) is 0 Å². The van der Waals surface area contributed by atoms with E-state index in [0.29, 0.717) is 12.1 Å². The van der Waals surface area contributed by atoms with Gasteiger partial charge in [-0.15, -0.1) is 0 Å². The molecule has 0 aliphatic heterocycles. The normalized spacial score (nSPS) is 15.0. The highest BCUT2D eigenvalue weighted by molar-refractivity contribution is 5.95. The predicted molar refractivity (Wildman–Crippen MR) is 81.5 cm³/mol. The number of hydrogen-bond donors (Lipinski definition) is 1. The maximum Gasteiger partial charge on any atom is 0.372 e. The summed E-state index contributed by atoms with van der Waals surface area (Å²) in [5.41, 5.74) is 1.47. The molecule has 112 valence electrons. The Labute approximate surface area is 124 Å². The van der Waals surface area contributed by atoms with Gasteiger partial charge in [-0.25, -0.2) is 4.79 Å². The smallest absolute Gasteiger partial charge is 0.372 e. The molecule has 2 aromatic rings. The van der Waals surface area contributed by atoms with Crippen LogP contribution in [0.5, 0.6) is 0 Å². The summed E-state index contributed by atoms with van der Waals surface area (Å²) in [6.45, 7) is 4.87. The number of furan rings is 1. The van der Waals surface area contributed by atoms with Crippen LogP contribution >= 0.6 is 0 Å². The first-order valence-electron chi connectivity index (χ1n) is 7.65. The first-order valence-corrected chi connectivity index (χ1v) is 7.65. The third-order valence-electron chi connectivity index (χ3n) is 4.03. The van der Waals surface area contributed by atoms with Crippen molar-refractivity contribution in [2.75, 3.05) is 13.1 Å². The molecule has 0 atom stereocenters. The van der Waals surface area contributed by atoms with Gasteiger partial charge >= 0.3 is 5.97 Å². The molecular weight excluding hydrogens is 266 g/mol. The van der Waals surface area contributed by atoms with Crippen LogP contribution in [0.25, 0.3) is 11.0 Å². The zero-order chi connectivity index (χ0) is 14.8. The lowest BCUT2D eigenvalue weighted by atomic mass is 10.1. The Balaban J connectivity index is 1.92. The largest absolute Gasteiger partial charge is 0.475 e. The van der Waals surface area contributed by atoms with Crippen molar-refractivity contribution >= 4 is 16.9 Å². The van der Waals surface area contributed by atoms with Crippen LogP contribution in [0.2, 0.25) is 0 Å². The SMILES string of the molecule is CCCN(Cc1c(C(=O)O)oc2ccccc12)CC1CC1. The topological polar surface area (TPSA) is 53.7 Å². The summed E-state index contributed by atoms with van der Waals surface area (Å²) in [6.07, 6.45) is 3.68. The van der Waals surface area contributed by atoms with Crippen molar-refractivity contribution in [3.63, 3.8) is 0 Å². The standard InChI is InChI=1S/C17H21NO3/c1-2-9-18(10-12-7-8-12)11-14-13-5-3-4-6-15(13)21-16(14)17(19)20/h3-6,12H,2,7-11H2,1H3,(H,19,20). The fourth-order valence-corrected chi connectivity index (χ4v) is 2.87. The molecule has 1 fully saturated rings. The van der Waals surface area contributed by atoms with Gasteiger partial charge in [-0.3, -0.25) is 4.90 Å². The Morgan fingerprint density at radius 2 is 2.14 bits per heavy atom. The van der Waals surface area contributed by atoms with Crippen LogP contribution in [0.4, 0.5) is 0 Å². The van der Waals surface area contributed by atoms with Crippen LogP contribution < -0.4 is 0 Å². The maximum absolute atomic E-state index is 11.5. The molecule has 1 saturated carbocycles. The summed E-state index contributed by atoms with van der Waals surface area (Å²) < 4.78 is 5.53. The van der Waals surface area contributed by atoms with Crippen molar-refractivity contribution in [3.05, 3.63) is 35.6 Å². The fourth-order valence-electron chi connectivity index (χ4n) is 2.87. The number of aromatic carboxylic acids is 1. The molecule has 1 heterocycles. The number of carboxylic acid groups (broad SMARTS) is 1. The monoisotopic (exact) mass is 287 g/mol. The quantitative estimate of drug-likeness (QED) is 0.842. The van der Waals surface area contributed by atoms with Crippen molar-refractivity contribution in [2.24, 2.45) is 5.92 Å². The van der Waals surface area contributed by atoms with E-state index in [0.717, 1.165) is 36.4 Å². The van der Waals surface area contributed by atoms with Gasteiger partial charge in [0.25, 0.3) is 0 Å². The Bertz CT molecular complexity index is 643. The van der Waals surface area contributed by atoms with E-state index in [2.05, 4.69) is 11.8 Å². The summed E-state index contributed by atoms with van der Waals surface area (Å²) >= 11 is 0. The summed E-state index contributed by atoms with van der Waals surface area (Å²) in [7, 11) is 0. The van der Waals surface area contributed by atoms with Gasteiger partial charge in [-0.2, -0.15) is 0 Å². The molecule has 0 saturated heterocycles. The van der Waals surface area contributed by atoms with E-state index >= 15 is 0 Å². The second-order valence-corrected chi connectivity index (χ2v) is 5.89. The number of para-hydroxylation sites is 1. The molecule has 1 aromatic carbocycles. The molecule has 0 unspecified atom stereocenters. The van der Waals surface area contributed by atoms with Gasteiger partial charge in [-0.05, 0) is 37.8 Å². The molecule has 0 spiro atoms. The number of benzene rings is 1. The third kappa shape index (κ3) is 3.10. The first kappa shape index (κ1) is 14.1. The van der Waals surface area contributed by atoms with Gasteiger partial charge in [0.05, 0.1) is 0 Å². The van der Waals surface area contributed by atoms with Crippen LogP contribution in [0.1, 0.15) is 42.3 Å². The highest BCUT2D eigenvalue weighted by Gasteiger charge is 2.26. The number of fused-ring (bicyclic) bond motifs is 1. The van der Waals surface area contributed by atoms with E-state index in [1.807, 2.05) is 24.3 Å². The second-order valence-electron chi connectivity index (χ2n) is 5.89. The fraction of sp³-hybridized carbons (Fsp3) is 0.471. The number of rotatable bonds is 7. The van der Waals surface area contributed by atoms with Gasteiger partial charge in [0.15, 0.2) is 0 Å². The summed E-state index contributed by atoms with van der Waals surface area (Å²) in [5.74, 6) is -0.0971. The molecule has 1 aromatic heterocycles. The zero-order valence-electron chi connectivity index (χ0n) is 12.3. The molecule has 0 amide bonds. The van der Waals surface area contributed by atoms with Crippen LogP contribution in [-0.2, 0) is 6.54 Å². The average Bonchev–Trinajstić information content (AvgIpc) is 3.20. The molecule has 4 heteroatoms. The number of nitrogens with zero attached hydrogens (tertiary/aromatic N) is 1. The molecule has 1 aliphatic rings. The van der Waals surface area contributed by atoms with E-state index in [9.17, 15) is 9.90 Å². The molecule has 1 N–H and O–H groups in total. The van der Waals surface area contributed by atoms with Gasteiger partial charge < -0.3 is 9.52 Å². The van der Waals surface area contributed by atoms with Crippen LogP contribution in [-0.4, -0.2) is 29.1 Å². The molecule has 1 aliphatic carbocycles. The summed E-state index contributed by atoms with van der Waals surface area (Å²) in [6, 6.07) is 7.57. The molecule has 3 rings (SSSR count). The molecule has 0 bridgehead atoms. The maximum atomic E-state index is 11.5. The van der Waals surface area contributed by atoms with E-state index in [4.69, 9.17) is 4.42 Å². The van der Waals surface area contributed by atoms with Crippen molar-refractivity contribution in [3.8, 4) is 0 Å². The molecule has 21 heavy (non-hydrogen) atoms. The van der Waals surface area contributed by atoms with E-state index in [-0.39, 0.29) is 5.76 Å². The molecule has 0 radical (unpaired) electrons. The minimum absolute atomic E-state index is 0.0908. The Morgan fingerprint density at radius 3 is 2.81 bits per heavy atom. The highest BCUT2D eigenvalue weighted by Crippen LogP contribution is 2.32. The van der Waals surface area contributed by atoms with Crippen molar-refractivity contribution in [1.82, 2.24) is 4.90 Å². The first-order chi connectivity index (χ1) is 10.2. The highest BCUT2D eigenvalue weighted by atomic mass is 16.4. The Morgan fingerprint density at radius 1 is 1.38 bits per heavy atom. The van der Waals surface area contributed by atoms with Gasteiger partial charge in [0.2, 0.25) is 5.76 Å². The molecule has 4 nitrogen and oxygen atoms in total. The number of carboxylic acids is 1. The number of hydrogen-bond acceptors (Lipinski definition) is 3. The second kappa shape index (κ2) is 5.90. The summed E-state index contributed by atoms with van der Waals surface area (Å²) in [4.78, 5) is 13.8.